The zero-order valence-electron chi connectivity index (χ0n) is 13.8. The summed E-state index contributed by atoms with van der Waals surface area (Å²) in [6, 6.07) is 5.04. The van der Waals surface area contributed by atoms with Crippen molar-refractivity contribution >= 4 is 21.9 Å². The van der Waals surface area contributed by atoms with Gasteiger partial charge in [0.25, 0.3) is 15.9 Å². The lowest BCUT2D eigenvalue weighted by Crippen LogP contribution is -2.21. The fraction of sp³-hybridized carbons (Fsp3) is 0.529. The van der Waals surface area contributed by atoms with Crippen LogP contribution in [0.5, 0.6) is 0 Å². The number of hydrogen-bond donors (Lipinski definition) is 1. The molecule has 132 valence electrons. The van der Waals surface area contributed by atoms with Crippen LogP contribution in [0, 0.1) is 0 Å². The number of aryl methyl sites for hydroxylation is 1. The number of unbranched alkanes of at least 4 members (excludes halogenated alkanes) is 5. The lowest BCUT2D eigenvalue weighted by molar-refractivity contribution is -0.140. The molecule has 7 heteroatoms. The molecule has 1 amide bonds. The molecular formula is C17H23NO5S. The van der Waals surface area contributed by atoms with E-state index in [-0.39, 0.29) is 16.4 Å². The highest BCUT2D eigenvalue weighted by atomic mass is 32.2. The van der Waals surface area contributed by atoms with Gasteiger partial charge in [-0.25, -0.2) is 13.1 Å². The maximum absolute atomic E-state index is 12.0. The van der Waals surface area contributed by atoms with Crippen molar-refractivity contribution in [3.8, 4) is 0 Å². The number of rotatable bonds is 9. The molecule has 1 N–H and O–H groups in total. The molecule has 0 spiro atoms. The van der Waals surface area contributed by atoms with Crippen molar-refractivity contribution in [1.29, 1.82) is 0 Å². The van der Waals surface area contributed by atoms with E-state index in [0.29, 0.717) is 18.4 Å². The zero-order valence-corrected chi connectivity index (χ0v) is 14.7. The van der Waals surface area contributed by atoms with Crippen LogP contribution >= 0.6 is 0 Å². The highest BCUT2D eigenvalue weighted by molar-refractivity contribution is 7.90. The van der Waals surface area contributed by atoms with E-state index in [9.17, 15) is 18.0 Å². The number of carbonyl (C=O) groups excluding carboxylic acids is 2. The van der Waals surface area contributed by atoms with Gasteiger partial charge >= 0.3 is 5.97 Å². The maximum Gasteiger partial charge on any atom is 0.305 e. The summed E-state index contributed by atoms with van der Waals surface area (Å²) in [6.07, 6.45) is 6.88. The van der Waals surface area contributed by atoms with E-state index < -0.39 is 15.9 Å². The van der Waals surface area contributed by atoms with Crippen molar-refractivity contribution in [2.45, 2.75) is 56.3 Å². The molecule has 0 fully saturated rings. The van der Waals surface area contributed by atoms with Gasteiger partial charge in [0, 0.05) is 6.42 Å². The Morgan fingerprint density at radius 1 is 1.08 bits per heavy atom. The molecule has 0 aromatic heterocycles. The van der Waals surface area contributed by atoms with Crippen LogP contribution < -0.4 is 4.72 Å². The Labute approximate surface area is 142 Å². The Bertz CT molecular complexity index is 712. The van der Waals surface area contributed by atoms with Gasteiger partial charge in [-0.15, -0.1) is 0 Å². The van der Waals surface area contributed by atoms with Crippen LogP contribution in [-0.4, -0.2) is 27.4 Å². The van der Waals surface area contributed by atoms with Gasteiger partial charge in [0.2, 0.25) is 0 Å². The molecule has 1 aliphatic heterocycles. The number of hydrogen-bond acceptors (Lipinski definition) is 5. The Balaban J connectivity index is 1.75. The van der Waals surface area contributed by atoms with Crippen molar-refractivity contribution in [3.63, 3.8) is 0 Å². The lowest BCUT2D eigenvalue weighted by atomic mass is 10.0. The lowest BCUT2D eigenvalue weighted by Gasteiger charge is -2.06. The van der Waals surface area contributed by atoms with Crippen LogP contribution in [0.25, 0.3) is 0 Å². The fourth-order valence-electron chi connectivity index (χ4n) is 2.90. The number of benzene rings is 1. The number of esters is 1. The molecule has 0 aliphatic carbocycles. The standard InChI is InChI=1S/C17H23NO5S/c1-23-15(19)12-7-5-3-2-4-6-9-13-10-8-11-14-16(13)24(21,22)18-17(14)20/h8,10-11H,2-7,9,12H2,1H3,(H,18,20). The minimum atomic E-state index is -3.69. The van der Waals surface area contributed by atoms with Crippen molar-refractivity contribution in [2.75, 3.05) is 7.11 Å². The second-order valence-corrected chi connectivity index (χ2v) is 7.55. The van der Waals surface area contributed by atoms with E-state index >= 15 is 0 Å². The summed E-state index contributed by atoms with van der Waals surface area (Å²) < 4.78 is 30.6. The molecule has 2 rings (SSSR count). The molecule has 0 radical (unpaired) electrons. The summed E-state index contributed by atoms with van der Waals surface area (Å²) in [5.41, 5.74) is 0.951. The first kappa shape index (κ1) is 18.4. The molecule has 0 unspecified atom stereocenters. The van der Waals surface area contributed by atoms with Crippen LogP contribution in [0.2, 0.25) is 0 Å². The number of sulfonamides is 1. The van der Waals surface area contributed by atoms with Gasteiger partial charge in [-0.1, -0.05) is 37.8 Å². The highest BCUT2D eigenvalue weighted by Crippen LogP contribution is 2.27. The predicted molar refractivity (Wildman–Crippen MR) is 89.1 cm³/mol. The molecule has 1 aromatic carbocycles. The fourth-order valence-corrected chi connectivity index (χ4v) is 4.32. The minimum absolute atomic E-state index is 0.146. The summed E-state index contributed by atoms with van der Waals surface area (Å²) in [5, 5.41) is 0. The van der Waals surface area contributed by atoms with E-state index in [0.717, 1.165) is 38.5 Å². The molecule has 0 atom stereocenters. The number of methoxy groups -OCH3 is 1. The van der Waals surface area contributed by atoms with Crippen molar-refractivity contribution in [3.05, 3.63) is 29.3 Å². The molecule has 1 aliphatic rings. The largest absolute Gasteiger partial charge is 0.469 e. The third-order valence-corrected chi connectivity index (χ3v) is 5.62. The normalized spacial score (nSPS) is 15.0. The van der Waals surface area contributed by atoms with Gasteiger partial charge in [-0.3, -0.25) is 9.59 Å². The summed E-state index contributed by atoms with van der Waals surface area (Å²) in [5.74, 6) is -0.713. The second-order valence-electron chi connectivity index (χ2n) is 5.93. The molecule has 0 bridgehead atoms. The first-order valence-electron chi connectivity index (χ1n) is 8.21. The van der Waals surface area contributed by atoms with Gasteiger partial charge in [0.1, 0.15) is 4.90 Å². The van der Waals surface area contributed by atoms with Crippen LogP contribution in [0.1, 0.15) is 60.9 Å². The third-order valence-electron chi connectivity index (χ3n) is 4.14. The van der Waals surface area contributed by atoms with Crippen LogP contribution in [-0.2, 0) is 26.0 Å². The summed E-state index contributed by atoms with van der Waals surface area (Å²) in [4.78, 5) is 22.8. The number of fused-ring (bicyclic) bond motifs is 1. The van der Waals surface area contributed by atoms with Gasteiger partial charge in [0.15, 0.2) is 0 Å². The smallest absolute Gasteiger partial charge is 0.305 e. The zero-order chi connectivity index (χ0) is 17.6. The topological polar surface area (TPSA) is 89.5 Å². The minimum Gasteiger partial charge on any atom is -0.469 e. The van der Waals surface area contributed by atoms with E-state index in [1.807, 2.05) is 4.72 Å². The third kappa shape index (κ3) is 4.56. The molecular weight excluding hydrogens is 330 g/mol. The van der Waals surface area contributed by atoms with Gasteiger partial charge < -0.3 is 4.74 Å². The average molecular weight is 353 g/mol. The maximum atomic E-state index is 12.0. The first-order valence-corrected chi connectivity index (χ1v) is 9.70. The van der Waals surface area contributed by atoms with E-state index in [1.54, 1.807) is 18.2 Å². The van der Waals surface area contributed by atoms with E-state index in [1.165, 1.54) is 7.11 Å². The summed E-state index contributed by atoms with van der Waals surface area (Å²) in [7, 11) is -2.30. The molecule has 0 saturated heterocycles. The number of carbonyl (C=O) groups is 2. The molecule has 0 saturated carbocycles. The Morgan fingerprint density at radius 2 is 1.75 bits per heavy atom. The van der Waals surface area contributed by atoms with Gasteiger partial charge in [0.05, 0.1) is 12.7 Å². The monoisotopic (exact) mass is 353 g/mol. The molecule has 1 aromatic rings. The Hall–Kier alpha value is -1.89. The van der Waals surface area contributed by atoms with Gasteiger partial charge in [-0.05, 0) is 30.9 Å². The number of nitrogens with one attached hydrogen (secondary N) is 1. The summed E-state index contributed by atoms with van der Waals surface area (Å²) in [6.45, 7) is 0. The summed E-state index contributed by atoms with van der Waals surface area (Å²) >= 11 is 0. The van der Waals surface area contributed by atoms with Crippen molar-refractivity contribution < 1.29 is 22.7 Å². The predicted octanol–water partition coefficient (Wildman–Crippen LogP) is 2.56. The number of ether oxygens (including phenoxy) is 1. The van der Waals surface area contributed by atoms with E-state index in [4.69, 9.17) is 0 Å². The van der Waals surface area contributed by atoms with Gasteiger partial charge in [-0.2, -0.15) is 0 Å². The average Bonchev–Trinajstić information content (AvgIpc) is 2.79. The van der Waals surface area contributed by atoms with Crippen LogP contribution in [0.15, 0.2) is 23.1 Å². The van der Waals surface area contributed by atoms with E-state index in [2.05, 4.69) is 4.74 Å². The Morgan fingerprint density at radius 3 is 2.46 bits per heavy atom. The molecule has 1 heterocycles. The highest BCUT2D eigenvalue weighted by Gasteiger charge is 2.34. The second kappa shape index (κ2) is 8.28. The SMILES string of the molecule is COC(=O)CCCCCCCCc1cccc2c1S(=O)(=O)NC2=O. The number of amides is 1. The van der Waals surface area contributed by atoms with Crippen LogP contribution in [0.4, 0.5) is 0 Å². The molecule has 24 heavy (non-hydrogen) atoms. The van der Waals surface area contributed by atoms with Crippen molar-refractivity contribution in [2.24, 2.45) is 0 Å². The Kier molecular flexibility index (Phi) is 6.36. The van der Waals surface area contributed by atoms with Crippen molar-refractivity contribution in [1.82, 2.24) is 4.72 Å². The van der Waals surface area contributed by atoms with Crippen LogP contribution in [0.3, 0.4) is 0 Å². The molecule has 6 nitrogen and oxygen atoms in total. The quantitative estimate of drug-likeness (QED) is 0.544. The first-order chi connectivity index (χ1) is 11.5.